The van der Waals surface area contributed by atoms with Crippen LogP contribution >= 0.6 is 0 Å². The van der Waals surface area contributed by atoms with Crippen molar-refractivity contribution in [3.8, 4) is 0 Å². The molecule has 0 saturated carbocycles. The van der Waals surface area contributed by atoms with E-state index in [4.69, 9.17) is 5.73 Å². The van der Waals surface area contributed by atoms with Gasteiger partial charge in [-0.3, -0.25) is 4.79 Å². The van der Waals surface area contributed by atoms with Crippen LogP contribution in [0.1, 0.15) is 15.9 Å². The molecule has 4 nitrogen and oxygen atoms in total. The number of nitrogens with zero attached hydrogens (tertiary/aromatic N) is 1. The number of aromatic amines is 1. The number of hydrogen-bond donors (Lipinski definition) is 2. The molecule has 0 amide bonds. The molecule has 0 saturated heterocycles. The summed E-state index contributed by atoms with van der Waals surface area (Å²) in [5, 5.41) is 0.732. The fraction of sp³-hybridized carbons (Fsp3) is 0. The third-order valence-corrected chi connectivity index (χ3v) is 2.95. The SMILES string of the molecule is Nc1cc(C(=O)c2c[nH]c3ncccc23)ccc1F. The van der Waals surface area contributed by atoms with Gasteiger partial charge in [0.25, 0.3) is 0 Å². The second kappa shape index (κ2) is 4.20. The number of pyridine rings is 1. The molecule has 0 unspecified atom stereocenters. The zero-order valence-electron chi connectivity index (χ0n) is 9.85. The predicted molar refractivity (Wildman–Crippen MR) is 70.3 cm³/mol. The van der Waals surface area contributed by atoms with Crippen molar-refractivity contribution in [2.45, 2.75) is 0 Å². The van der Waals surface area contributed by atoms with E-state index in [0.717, 1.165) is 5.39 Å². The van der Waals surface area contributed by atoms with Gasteiger partial charge in [0.15, 0.2) is 5.78 Å². The van der Waals surface area contributed by atoms with Gasteiger partial charge < -0.3 is 10.7 Å². The normalized spacial score (nSPS) is 10.8. The molecule has 0 bridgehead atoms. The second-order valence-corrected chi connectivity index (χ2v) is 4.17. The summed E-state index contributed by atoms with van der Waals surface area (Å²) in [5.41, 5.74) is 6.92. The lowest BCUT2D eigenvalue weighted by Gasteiger charge is -2.02. The number of halogens is 1. The maximum Gasteiger partial charge on any atom is 0.195 e. The predicted octanol–water partition coefficient (Wildman–Crippen LogP) is 2.52. The first-order valence-corrected chi connectivity index (χ1v) is 5.68. The molecule has 3 rings (SSSR count). The van der Waals surface area contributed by atoms with E-state index < -0.39 is 5.82 Å². The Morgan fingerprint density at radius 3 is 2.95 bits per heavy atom. The summed E-state index contributed by atoms with van der Waals surface area (Å²) in [6.45, 7) is 0. The third kappa shape index (κ3) is 1.85. The zero-order chi connectivity index (χ0) is 13.4. The Morgan fingerprint density at radius 1 is 1.32 bits per heavy atom. The zero-order valence-corrected chi connectivity index (χ0v) is 9.85. The smallest absolute Gasteiger partial charge is 0.195 e. The largest absolute Gasteiger partial charge is 0.396 e. The molecule has 0 aliphatic carbocycles. The number of H-pyrrole nitrogens is 1. The molecule has 0 atom stereocenters. The molecule has 1 aromatic carbocycles. The van der Waals surface area contributed by atoms with E-state index in [0.29, 0.717) is 16.8 Å². The topological polar surface area (TPSA) is 71.8 Å². The molecule has 2 aromatic heterocycles. The van der Waals surface area contributed by atoms with Crippen molar-refractivity contribution in [2.75, 3.05) is 5.73 Å². The summed E-state index contributed by atoms with van der Waals surface area (Å²) in [7, 11) is 0. The minimum absolute atomic E-state index is 0.0381. The van der Waals surface area contributed by atoms with Gasteiger partial charge in [-0.15, -0.1) is 0 Å². The molecule has 2 heterocycles. The lowest BCUT2D eigenvalue weighted by molar-refractivity contribution is 0.104. The number of nitrogens with two attached hydrogens (primary N) is 1. The lowest BCUT2D eigenvalue weighted by Crippen LogP contribution is -2.02. The Morgan fingerprint density at radius 2 is 2.16 bits per heavy atom. The number of rotatable bonds is 2. The van der Waals surface area contributed by atoms with Crippen molar-refractivity contribution in [2.24, 2.45) is 0 Å². The lowest BCUT2D eigenvalue weighted by atomic mass is 10.0. The van der Waals surface area contributed by atoms with Crippen molar-refractivity contribution in [3.05, 3.63) is 59.7 Å². The number of nitrogens with one attached hydrogen (secondary N) is 1. The Kier molecular flexibility index (Phi) is 2.52. The summed E-state index contributed by atoms with van der Waals surface area (Å²) in [6, 6.07) is 7.51. The molecule has 0 aliphatic heterocycles. The minimum Gasteiger partial charge on any atom is -0.396 e. The maximum absolute atomic E-state index is 13.1. The summed E-state index contributed by atoms with van der Waals surface area (Å²) >= 11 is 0. The number of anilines is 1. The number of carbonyl (C=O) groups excluding carboxylic acids is 1. The highest BCUT2D eigenvalue weighted by Gasteiger charge is 2.15. The number of nitrogen functional groups attached to an aromatic ring is 1. The number of aromatic nitrogens is 2. The van der Waals surface area contributed by atoms with Gasteiger partial charge in [-0.1, -0.05) is 0 Å². The highest BCUT2D eigenvalue weighted by atomic mass is 19.1. The van der Waals surface area contributed by atoms with Crippen molar-refractivity contribution < 1.29 is 9.18 Å². The summed E-state index contributed by atoms with van der Waals surface area (Å²) in [6.07, 6.45) is 3.24. The van der Waals surface area contributed by atoms with Crippen LogP contribution in [-0.4, -0.2) is 15.8 Å². The summed E-state index contributed by atoms with van der Waals surface area (Å²) < 4.78 is 13.1. The van der Waals surface area contributed by atoms with Gasteiger partial charge in [-0.25, -0.2) is 9.37 Å². The molecule has 0 fully saturated rings. The highest BCUT2D eigenvalue weighted by Crippen LogP contribution is 2.21. The maximum atomic E-state index is 13.1. The Labute approximate surface area is 108 Å². The monoisotopic (exact) mass is 255 g/mol. The van der Waals surface area contributed by atoms with Crippen LogP contribution in [0.15, 0.2) is 42.7 Å². The van der Waals surface area contributed by atoms with Gasteiger partial charge in [0.05, 0.1) is 5.69 Å². The average Bonchev–Trinajstić information content (AvgIpc) is 2.85. The molecule has 94 valence electrons. The molecule has 0 radical (unpaired) electrons. The number of benzene rings is 1. The van der Waals surface area contributed by atoms with Gasteiger partial charge in [0, 0.05) is 28.9 Å². The molecule has 5 heteroatoms. The highest BCUT2D eigenvalue weighted by molar-refractivity contribution is 6.16. The van der Waals surface area contributed by atoms with E-state index in [1.807, 2.05) is 0 Å². The van der Waals surface area contributed by atoms with Gasteiger partial charge in [-0.05, 0) is 30.3 Å². The molecule has 0 aliphatic rings. The quantitative estimate of drug-likeness (QED) is 0.546. The van der Waals surface area contributed by atoms with E-state index in [2.05, 4.69) is 9.97 Å². The molecular formula is C14H10FN3O. The van der Waals surface area contributed by atoms with Crippen molar-refractivity contribution in [1.29, 1.82) is 0 Å². The summed E-state index contributed by atoms with van der Waals surface area (Å²) in [5.74, 6) is -0.747. The van der Waals surface area contributed by atoms with Crippen LogP contribution in [0.25, 0.3) is 11.0 Å². The van der Waals surface area contributed by atoms with E-state index in [1.165, 1.54) is 18.2 Å². The van der Waals surface area contributed by atoms with Gasteiger partial charge >= 0.3 is 0 Å². The minimum atomic E-state index is -0.530. The van der Waals surface area contributed by atoms with Crippen molar-refractivity contribution in [3.63, 3.8) is 0 Å². The van der Waals surface area contributed by atoms with Crippen molar-refractivity contribution >= 4 is 22.5 Å². The van der Waals surface area contributed by atoms with E-state index in [1.54, 1.807) is 24.5 Å². The Balaban J connectivity index is 2.11. The number of fused-ring (bicyclic) bond motifs is 1. The molecule has 3 N–H and O–H groups in total. The number of ketones is 1. The number of carbonyl (C=O) groups is 1. The first-order valence-electron chi connectivity index (χ1n) is 5.68. The van der Waals surface area contributed by atoms with Crippen LogP contribution in [0.4, 0.5) is 10.1 Å². The van der Waals surface area contributed by atoms with E-state index in [-0.39, 0.29) is 11.5 Å². The van der Waals surface area contributed by atoms with Gasteiger partial charge in [0.2, 0.25) is 0 Å². The van der Waals surface area contributed by atoms with Crippen LogP contribution in [0.3, 0.4) is 0 Å². The van der Waals surface area contributed by atoms with Crippen molar-refractivity contribution in [1.82, 2.24) is 9.97 Å². The van der Waals surface area contributed by atoms with Gasteiger partial charge in [0.1, 0.15) is 11.5 Å². The molecule has 19 heavy (non-hydrogen) atoms. The van der Waals surface area contributed by atoms with Crippen LogP contribution in [-0.2, 0) is 0 Å². The third-order valence-electron chi connectivity index (χ3n) is 2.95. The van der Waals surface area contributed by atoms with Crippen LogP contribution < -0.4 is 5.73 Å². The second-order valence-electron chi connectivity index (χ2n) is 4.17. The standard InChI is InChI=1S/C14H10FN3O/c15-11-4-3-8(6-12(11)16)13(19)10-7-18-14-9(10)2-1-5-17-14/h1-7H,16H2,(H,17,18). The Bertz CT molecular complexity index is 779. The number of hydrogen-bond acceptors (Lipinski definition) is 3. The first-order chi connectivity index (χ1) is 9.16. The first kappa shape index (κ1) is 11.4. The Hall–Kier alpha value is -2.69. The van der Waals surface area contributed by atoms with E-state index in [9.17, 15) is 9.18 Å². The average molecular weight is 255 g/mol. The fourth-order valence-electron chi connectivity index (χ4n) is 1.98. The summed E-state index contributed by atoms with van der Waals surface area (Å²) in [4.78, 5) is 19.4. The van der Waals surface area contributed by atoms with Crippen LogP contribution in [0.5, 0.6) is 0 Å². The van der Waals surface area contributed by atoms with Crippen LogP contribution in [0, 0.1) is 5.82 Å². The molecule has 3 aromatic rings. The molecular weight excluding hydrogens is 245 g/mol. The fourth-order valence-corrected chi connectivity index (χ4v) is 1.98. The van der Waals surface area contributed by atoms with Gasteiger partial charge in [-0.2, -0.15) is 0 Å². The van der Waals surface area contributed by atoms with Crippen LogP contribution in [0.2, 0.25) is 0 Å². The van der Waals surface area contributed by atoms with E-state index >= 15 is 0 Å². The molecule has 0 spiro atoms.